The van der Waals surface area contributed by atoms with Crippen LogP contribution in [0.4, 0.5) is 5.13 Å². The number of hydrogen-bond donors (Lipinski definition) is 0. The molecule has 4 rings (SSSR count). The minimum atomic E-state index is -0.152. The number of hydrogen-bond acceptors (Lipinski definition) is 6. The predicted molar refractivity (Wildman–Crippen MR) is 137 cm³/mol. The maximum Gasteiger partial charge on any atom is 0.263 e. The lowest BCUT2D eigenvalue weighted by atomic mass is 10.2. The van der Waals surface area contributed by atoms with Crippen LogP contribution < -0.4 is 9.64 Å². The average molecular weight is 506 g/mol. The van der Waals surface area contributed by atoms with E-state index in [1.807, 2.05) is 56.3 Å². The molecule has 0 aliphatic rings. The van der Waals surface area contributed by atoms with Crippen molar-refractivity contribution in [3.8, 4) is 11.4 Å². The summed E-state index contributed by atoms with van der Waals surface area (Å²) in [5.41, 5.74) is 2.86. The van der Waals surface area contributed by atoms with E-state index in [0.717, 1.165) is 16.1 Å². The lowest BCUT2D eigenvalue weighted by Gasteiger charge is -2.21. The van der Waals surface area contributed by atoms with Gasteiger partial charge in [-0.05, 0) is 45.3 Å². The number of carbonyl (C=O) groups excluding carboxylic acids is 1. The van der Waals surface area contributed by atoms with Crippen molar-refractivity contribution in [2.75, 3.05) is 39.2 Å². The number of ether oxygens (including phenoxy) is 1. The molecular weight excluding hydrogens is 481 g/mol. The molecule has 0 radical (unpaired) electrons. The Kier molecular flexibility index (Phi) is 7.97. The molecule has 2 aromatic carbocycles. The lowest BCUT2D eigenvalue weighted by molar-refractivity contribution is 0.0984. The van der Waals surface area contributed by atoms with Crippen molar-refractivity contribution in [3.05, 3.63) is 64.9 Å². The maximum atomic E-state index is 13.7. The molecule has 10 heteroatoms. The number of rotatable bonds is 7. The molecule has 0 N–H and O–H groups in total. The van der Waals surface area contributed by atoms with Crippen LogP contribution in [-0.2, 0) is 0 Å². The number of aromatic nitrogens is 3. The van der Waals surface area contributed by atoms with Crippen LogP contribution in [0.5, 0.6) is 5.75 Å². The van der Waals surface area contributed by atoms with E-state index in [-0.39, 0.29) is 18.3 Å². The molecule has 0 fully saturated rings. The molecule has 0 spiro atoms. The molecule has 2 aromatic heterocycles. The highest BCUT2D eigenvalue weighted by molar-refractivity contribution is 7.23. The SMILES string of the molecule is COc1ccc(Cl)c2sc(N(CCN(C)C)C(=O)c3cnn(-c4ccccc4)c3C)nc12.Cl. The number of amides is 1. The second kappa shape index (κ2) is 10.5. The molecule has 1 amide bonds. The van der Waals surface area contributed by atoms with Gasteiger partial charge in [0.1, 0.15) is 11.3 Å². The van der Waals surface area contributed by atoms with E-state index in [4.69, 9.17) is 21.3 Å². The largest absolute Gasteiger partial charge is 0.494 e. The van der Waals surface area contributed by atoms with Crippen molar-refractivity contribution in [2.24, 2.45) is 0 Å². The minimum Gasteiger partial charge on any atom is -0.494 e. The van der Waals surface area contributed by atoms with E-state index in [1.165, 1.54) is 11.3 Å². The second-order valence-electron chi connectivity index (χ2n) is 7.57. The molecule has 0 unspecified atom stereocenters. The first-order valence-electron chi connectivity index (χ1n) is 10.1. The first kappa shape index (κ1) is 25.0. The molecule has 0 saturated heterocycles. The number of nitrogens with zero attached hydrogens (tertiary/aromatic N) is 5. The number of halogens is 2. The van der Waals surface area contributed by atoms with Crippen molar-refractivity contribution in [1.82, 2.24) is 19.7 Å². The van der Waals surface area contributed by atoms with Crippen molar-refractivity contribution >= 4 is 56.6 Å². The van der Waals surface area contributed by atoms with Crippen molar-refractivity contribution < 1.29 is 9.53 Å². The molecule has 174 valence electrons. The topological polar surface area (TPSA) is 63.5 Å². The number of fused-ring (bicyclic) bond motifs is 1. The van der Waals surface area contributed by atoms with Gasteiger partial charge in [0.15, 0.2) is 5.13 Å². The molecule has 0 atom stereocenters. The van der Waals surface area contributed by atoms with Crippen molar-refractivity contribution in [2.45, 2.75) is 6.92 Å². The van der Waals surface area contributed by atoms with E-state index >= 15 is 0 Å². The number of anilines is 1. The van der Waals surface area contributed by atoms with Crippen LogP contribution in [0.25, 0.3) is 15.9 Å². The summed E-state index contributed by atoms with van der Waals surface area (Å²) in [7, 11) is 5.54. The summed E-state index contributed by atoms with van der Waals surface area (Å²) < 4.78 is 8.02. The molecule has 2 heterocycles. The van der Waals surface area contributed by atoms with Crippen LogP contribution in [-0.4, -0.2) is 59.9 Å². The summed E-state index contributed by atoms with van der Waals surface area (Å²) in [6.07, 6.45) is 1.62. The van der Waals surface area contributed by atoms with Gasteiger partial charge < -0.3 is 9.64 Å². The molecule has 33 heavy (non-hydrogen) atoms. The minimum absolute atomic E-state index is 0. The first-order valence-corrected chi connectivity index (χ1v) is 11.3. The Balaban J connectivity index is 0.00000306. The smallest absolute Gasteiger partial charge is 0.263 e. The van der Waals surface area contributed by atoms with Gasteiger partial charge in [-0.1, -0.05) is 41.1 Å². The Morgan fingerprint density at radius 3 is 2.55 bits per heavy atom. The maximum absolute atomic E-state index is 13.7. The molecule has 0 bridgehead atoms. The van der Waals surface area contributed by atoms with E-state index in [2.05, 4.69) is 5.10 Å². The summed E-state index contributed by atoms with van der Waals surface area (Å²) in [5.74, 6) is 0.473. The molecule has 4 aromatic rings. The lowest BCUT2D eigenvalue weighted by Crippen LogP contribution is -2.37. The van der Waals surface area contributed by atoms with E-state index in [0.29, 0.717) is 40.1 Å². The third-order valence-electron chi connectivity index (χ3n) is 5.15. The standard InChI is InChI=1S/C23H24ClN5O2S.ClH/c1-15-17(14-25-29(15)16-8-6-5-7-9-16)22(30)28(13-12-27(2)3)23-26-20-19(31-4)11-10-18(24)21(20)32-23;/h5-11,14H,12-13H2,1-4H3;1H. The Hall–Kier alpha value is -2.65. The van der Waals surface area contributed by atoms with Gasteiger partial charge in [-0.25, -0.2) is 9.67 Å². The molecule has 0 aliphatic heterocycles. The zero-order chi connectivity index (χ0) is 22.8. The first-order chi connectivity index (χ1) is 15.4. The van der Waals surface area contributed by atoms with Crippen LogP contribution in [0.3, 0.4) is 0 Å². The van der Waals surface area contributed by atoms with Gasteiger partial charge in [0.2, 0.25) is 0 Å². The quantitative estimate of drug-likeness (QED) is 0.350. The van der Waals surface area contributed by atoms with Gasteiger partial charge in [0.05, 0.1) is 40.0 Å². The molecule has 0 saturated carbocycles. The van der Waals surface area contributed by atoms with Crippen LogP contribution in [0, 0.1) is 6.92 Å². The van der Waals surface area contributed by atoms with Crippen LogP contribution >= 0.6 is 35.3 Å². The van der Waals surface area contributed by atoms with E-state index in [9.17, 15) is 4.79 Å². The zero-order valence-electron chi connectivity index (χ0n) is 18.8. The molecule has 0 aliphatic carbocycles. The monoisotopic (exact) mass is 505 g/mol. The van der Waals surface area contributed by atoms with Crippen molar-refractivity contribution in [3.63, 3.8) is 0 Å². The number of likely N-dealkylation sites (N-methyl/N-ethyl adjacent to an activating group) is 1. The number of benzene rings is 2. The van der Waals surface area contributed by atoms with E-state index < -0.39 is 0 Å². The average Bonchev–Trinajstić information content (AvgIpc) is 3.39. The molecule has 7 nitrogen and oxygen atoms in total. The highest BCUT2D eigenvalue weighted by Crippen LogP contribution is 2.39. The van der Waals surface area contributed by atoms with Gasteiger partial charge in [-0.3, -0.25) is 9.69 Å². The summed E-state index contributed by atoms with van der Waals surface area (Å²) in [4.78, 5) is 22.2. The number of thiazole rings is 1. The van der Waals surface area contributed by atoms with Gasteiger partial charge >= 0.3 is 0 Å². The highest BCUT2D eigenvalue weighted by Gasteiger charge is 2.26. The summed E-state index contributed by atoms with van der Waals surface area (Å²) in [5, 5.41) is 5.62. The van der Waals surface area contributed by atoms with E-state index in [1.54, 1.807) is 35.0 Å². The third-order valence-corrected chi connectivity index (χ3v) is 6.69. The van der Waals surface area contributed by atoms with Crippen LogP contribution in [0.2, 0.25) is 5.02 Å². The number of methoxy groups -OCH3 is 1. The fourth-order valence-corrected chi connectivity index (χ4v) is 4.68. The zero-order valence-corrected chi connectivity index (χ0v) is 21.2. The predicted octanol–water partition coefficient (Wildman–Crippen LogP) is 5.08. The fraction of sp³-hybridized carbons (Fsp3) is 0.261. The van der Waals surface area contributed by atoms with Crippen LogP contribution in [0.1, 0.15) is 16.1 Å². The van der Waals surface area contributed by atoms with Gasteiger partial charge in [-0.2, -0.15) is 5.10 Å². The highest BCUT2D eigenvalue weighted by atomic mass is 35.5. The Bertz CT molecular complexity index is 1260. The normalized spacial score (nSPS) is 11.0. The summed E-state index contributed by atoms with van der Waals surface area (Å²) >= 11 is 7.80. The van der Waals surface area contributed by atoms with Gasteiger partial charge in [-0.15, -0.1) is 12.4 Å². The summed E-state index contributed by atoms with van der Waals surface area (Å²) in [6.45, 7) is 3.05. The Morgan fingerprint density at radius 2 is 1.88 bits per heavy atom. The Labute approximate surface area is 208 Å². The fourth-order valence-electron chi connectivity index (χ4n) is 3.40. The van der Waals surface area contributed by atoms with Crippen molar-refractivity contribution in [1.29, 1.82) is 0 Å². The number of carbonyl (C=O) groups is 1. The summed E-state index contributed by atoms with van der Waals surface area (Å²) in [6, 6.07) is 13.3. The van der Waals surface area contributed by atoms with Gasteiger partial charge in [0, 0.05) is 13.1 Å². The Morgan fingerprint density at radius 1 is 1.15 bits per heavy atom. The molecular formula is C23H25Cl2N5O2S. The number of para-hydroxylation sites is 1. The second-order valence-corrected chi connectivity index (χ2v) is 8.96. The third kappa shape index (κ3) is 4.99. The van der Waals surface area contributed by atoms with Crippen LogP contribution in [0.15, 0.2) is 48.7 Å². The van der Waals surface area contributed by atoms with Gasteiger partial charge in [0.25, 0.3) is 5.91 Å².